The van der Waals surface area contributed by atoms with Crippen molar-refractivity contribution in [2.45, 2.75) is 25.4 Å². The highest BCUT2D eigenvalue weighted by Gasteiger charge is 2.42. The average Bonchev–Trinajstić information content (AvgIpc) is 3.60. The molecule has 190 valence electrons. The predicted molar refractivity (Wildman–Crippen MR) is 129 cm³/mol. The number of pyridine rings is 1. The minimum atomic E-state index is -5.11. The Bertz CT molecular complexity index is 1400. The Morgan fingerprint density at radius 1 is 1.17 bits per heavy atom. The number of hydrogen-bond acceptors (Lipinski definition) is 8. The van der Waals surface area contributed by atoms with Crippen LogP contribution in [0.25, 0.3) is 32.4 Å². The van der Waals surface area contributed by atoms with Gasteiger partial charge in [0.05, 0.1) is 41.5 Å². The molecule has 1 N–H and O–H groups in total. The highest BCUT2D eigenvalue weighted by atomic mass is 32.1. The fourth-order valence-corrected chi connectivity index (χ4v) is 5.11. The zero-order valence-electron chi connectivity index (χ0n) is 19.4. The Kier molecular flexibility index (Phi) is 6.71. The maximum Gasteiger partial charge on any atom is 0.491 e. The maximum absolute atomic E-state index is 12.5. The first kappa shape index (κ1) is 24.3. The minimum Gasteiger partial charge on any atom is -0.493 e. The molecule has 1 aliphatic rings. The highest BCUT2D eigenvalue weighted by molar-refractivity contribution is 7.17. The van der Waals surface area contributed by atoms with Crippen LogP contribution in [0.5, 0.6) is 16.7 Å². The fraction of sp³-hybridized carbons (Fsp3) is 0.375. The molecule has 4 aromatic rings. The summed E-state index contributed by atoms with van der Waals surface area (Å²) in [6.45, 7) is 3.85. The van der Waals surface area contributed by atoms with Gasteiger partial charge in [-0.15, -0.1) is 0 Å². The Morgan fingerprint density at radius 2 is 1.97 bits per heavy atom. The number of carbonyl (C=O) groups is 1. The number of alkyl halides is 3. The molecule has 8 nitrogen and oxygen atoms in total. The molecule has 3 aromatic heterocycles. The van der Waals surface area contributed by atoms with Crippen molar-refractivity contribution in [2.75, 3.05) is 33.4 Å². The third kappa shape index (κ3) is 4.96. The molecule has 0 radical (unpaired) electrons. The number of rotatable bonds is 8. The molecule has 36 heavy (non-hydrogen) atoms. The van der Waals surface area contributed by atoms with Gasteiger partial charge in [0.15, 0.2) is 11.5 Å². The van der Waals surface area contributed by atoms with Crippen LogP contribution in [-0.4, -0.2) is 65.3 Å². The van der Waals surface area contributed by atoms with Gasteiger partial charge in [-0.2, -0.15) is 13.2 Å². The number of carbonyl (C=O) groups excluding carboxylic acids is 1. The summed E-state index contributed by atoms with van der Waals surface area (Å²) in [4.78, 5) is 25.6. The molecule has 0 spiro atoms. The van der Waals surface area contributed by atoms with Crippen LogP contribution in [0.1, 0.15) is 19.3 Å². The number of likely N-dealkylation sites (tertiary alicyclic amines) is 1. The van der Waals surface area contributed by atoms with E-state index in [9.17, 15) is 18.0 Å². The summed E-state index contributed by atoms with van der Waals surface area (Å²) >= 11 is 0.804. The van der Waals surface area contributed by atoms with Crippen LogP contribution in [0.2, 0.25) is 0 Å². The Morgan fingerprint density at radius 3 is 2.72 bits per heavy atom. The van der Waals surface area contributed by atoms with E-state index in [0.717, 1.165) is 59.2 Å². The van der Waals surface area contributed by atoms with Crippen LogP contribution in [-0.2, 0) is 4.79 Å². The van der Waals surface area contributed by atoms with Crippen molar-refractivity contribution in [3.05, 3.63) is 30.6 Å². The highest BCUT2D eigenvalue weighted by Crippen LogP contribution is 2.41. The van der Waals surface area contributed by atoms with Gasteiger partial charge in [-0.1, -0.05) is 11.3 Å². The number of esters is 1. The number of hydrogen-bond donors (Lipinski definition) is 1. The number of nitrogens with zero attached hydrogens (tertiary/aromatic N) is 3. The molecular formula is C24H23F3N4O4S. The van der Waals surface area contributed by atoms with Gasteiger partial charge in [-0.3, -0.25) is 4.98 Å². The standard InChI is InChI=1S/C24H23F3N4O4S/c1-33-17-11-14-16(12-18(17)34-10-4-9-31-7-2-3-8-31)30-15-5-6-28-21(20(14)15)19-13-29-23(36-19)35-22(32)24(25,26)27/h5-6,11-13,30H,2-4,7-10H2,1H3. The summed E-state index contributed by atoms with van der Waals surface area (Å²) in [5.74, 6) is -1.14. The van der Waals surface area contributed by atoms with Crippen molar-refractivity contribution in [1.29, 1.82) is 0 Å². The third-order valence-electron chi connectivity index (χ3n) is 6.00. The van der Waals surface area contributed by atoms with Gasteiger partial charge < -0.3 is 24.1 Å². The van der Waals surface area contributed by atoms with Crippen molar-refractivity contribution in [2.24, 2.45) is 0 Å². The van der Waals surface area contributed by atoms with Crippen molar-refractivity contribution < 1.29 is 32.2 Å². The van der Waals surface area contributed by atoms with Crippen molar-refractivity contribution in [3.8, 4) is 27.3 Å². The summed E-state index contributed by atoms with van der Waals surface area (Å²) in [7, 11) is 1.57. The summed E-state index contributed by atoms with van der Waals surface area (Å²) < 4.78 is 53.6. The summed E-state index contributed by atoms with van der Waals surface area (Å²) in [5, 5.41) is 1.13. The smallest absolute Gasteiger partial charge is 0.491 e. The van der Waals surface area contributed by atoms with Gasteiger partial charge in [0.2, 0.25) is 0 Å². The SMILES string of the molecule is COc1cc2c(cc1OCCCN1CCCC1)[nH]c1ccnc(-c3cnc(OC(=O)C(F)(F)F)s3)c12. The largest absolute Gasteiger partial charge is 0.493 e. The first-order chi connectivity index (χ1) is 17.3. The molecule has 1 saturated heterocycles. The third-order valence-corrected chi connectivity index (χ3v) is 6.88. The Balaban J connectivity index is 1.42. The number of fused-ring (bicyclic) bond motifs is 3. The van der Waals surface area contributed by atoms with E-state index in [2.05, 4.69) is 24.6 Å². The number of benzene rings is 1. The Hall–Kier alpha value is -3.38. The molecular weight excluding hydrogens is 497 g/mol. The second-order valence-corrected chi connectivity index (χ2v) is 9.38. The van der Waals surface area contributed by atoms with E-state index in [4.69, 9.17) is 9.47 Å². The lowest BCUT2D eigenvalue weighted by atomic mass is 10.1. The number of nitrogens with one attached hydrogen (secondary N) is 1. The normalized spacial score (nSPS) is 14.6. The van der Waals surface area contributed by atoms with E-state index in [0.29, 0.717) is 28.7 Å². The average molecular weight is 521 g/mol. The number of ether oxygens (including phenoxy) is 3. The van der Waals surface area contributed by atoms with E-state index in [1.54, 1.807) is 19.4 Å². The molecule has 1 fully saturated rings. The van der Waals surface area contributed by atoms with Crippen LogP contribution >= 0.6 is 11.3 Å². The monoisotopic (exact) mass is 520 g/mol. The van der Waals surface area contributed by atoms with Gasteiger partial charge in [-0.05, 0) is 44.5 Å². The molecule has 0 unspecified atom stereocenters. The molecule has 4 heterocycles. The van der Waals surface area contributed by atoms with E-state index >= 15 is 0 Å². The summed E-state index contributed by atoms with van der Waals surface area (Å²) in [6.07, 6.45) is 1.23. The summed E-state index contributed by atoms with van der Waals surface area (Å²) in [5.41, 5.74) is 2.06. The van der Waals surface area contributed by atoms with E-state index in [1.807, 2.05) is 12.1 Å². The molecule has 0 saturated carbocycles. The van der Waals surface area contributed by atoms with Gasteiger partial charge >= 0.3 is 12.1 Å². The fourth-order valence-electron chi connectivity index (χ4n) is 4.34. The number of halogens is 3. The number of methoxy groups -OCH3 is 1. The van der Waals surface area contributed by atoms with Gasteiger partial charge in [0.25, 0.3) is 5.19 Å². The molecule has 0 atom stereocenters. The van der Waals surface area contributed by atoms with E-state index in [1.165, 1.54) is 19.0 Å². The molecule has 0 bridgehead atoms. The van der Waals surface area contributed by atoms with E-state index < -0.39 is 17.3 Å². The van der Waals surface area contributed by atoms with Gasteiger partial charge in [0.1, 0.15) is 0 Å². The van der Waals surface area contributed by atoms with Crippen molar-refractivity contribution in [3.63, 3.8) is 0 Å². The molecule has 0 amide bonds. The van der Waals surface area contributed by atoms with Gasteiger partial charge in [-0.25, -0.2) is 9.78 Å². The topological polar surface area (TPSA) is 89.6 Å². The zero-order valence-corrected chi connectivity index (χ0v) is 20.2. The summed E-state index contributed by atoms with van der Waals surface area (Å²) in [6, 6.07) is 5.52. The second kappa shape index (κ2) is 9.94. The lowest BCUT2D eigenvalue weighted by Crippen LogP contribution is -2.27. The van der Waals surface area contributed by atoms with E-state index in [-0.39, 0.29) is 0 Å². The first-order valence-corrected chi connectivity index (χ1v) is 12.2. The molecule has 0 aliphatic carbocycles. The number of aromatic nitrogens is 3. The van der Waals surface area contributed by atoms with Crippen LogP contribution < -0.4 is 14.2 Å². The molecule has 1 aromatic carbocycles. The van der Waals surface area contributed by atoms with Crippen LogP contribution in [0, 0.1) is 0 Å². The minimum absolute atomic E-state index is 0.409. The lowest BCUT2D eigenvalue weighted by molar-refractivity contribution is -0.189. The molecule has 5 rings (SSSR count). The quantitative estimate of drug-likeness (QED) is 0.253. The second-order valence-electron chi connectivity index (χ2n) is 8.38. The van der Waals surface area contributed by atoms with Crippen LogP contribution in [0.3, 0.4) is 0 Å². The van der Waals surface area contributed by atoms with Crippen LogP contribution in [0.15, 0.2) is 30.6 Å². The molecule has 12 heteroatoms. The maximum atomic E-state index is 12.5. The molecule has 1 aliphatic heterocycles. The van der Waals surface area contributed by atoms with Crippen molar-refractivity contribution in [1.82, 2.24) is 19.9 Å². The van der Waals surface area contributed by atoms with Crippen molar-refractivity contribution >= 4 is 39.1 Å². The zero-order chi connectivity index (χ0) is 25.3. The number of aromatic amines is 1. The Labute approximate surface area is 208 Å². The van der Waals surface area contributed by atoms with Gasteiger partial charge in [0, 0.05) is 29.6 Å². The van der Waals surface area contributed by atoms with Crippen LogP contribution in [0.4, 0.5) is 13.2 Å². The number of H-pyrrole nitrogens is 1. The predicted octanol–water partition coefficient (Wildman–Crippen LogP) is 5.18. The first-order valence-electron chi connectivity index (χ1n) is 11.4. The number of thiazole rings is 1. The lowest BCUT2D eigenvalue weighted by Gasteiger charge is -2.15.